The van der Waals surface area contributed by atoms with Crippen LogP contribution in [0.1, 0.15) is 19.8 Å². The highest BCUT2D eigenvalue weighted by Crippen LogP contribution is 2.58. The summed E-state index contributed by atoms with van der Waals surface area (Å²) in [4.78, 5) is 0. The maximum Gasteiger partial charge on any atom is 0.460 e. The van der Waals surface area contributed by atoms with Crippen molar-refractivity contribution in [1.29, 1.82) is 0 Å². The minimum Gasteiger partial charge on any atom is -0.227 e. The third-order valence-corrected chi connectivity index (χ3v) is 2.29. The molecule has 0 fully saturated rings. The van der Waals surface area contributed by atoms with E-state index in [1.54, 1.807) is 0 Å². The van der Waals surface area contributed by atoms with E-state index >= 15 is 0 Å². The molecule has 0 aliphatic rings. The van der Waals surface area contributed by atoms with Gasteiger partial charge in [0.25, 0.3) is 5.67 Å². The minimum absolute atomic E-state index is 0.724. The van der Waals surface area contributed by atoms with E-state index in [0.29, 0.717) is 0 Å². The summed E-state index contributed by atoms with van der Waals surface area (Å²) in [6, 6.07) is 0. The molecule has 0 radical (unpaired) electrons. The summed E-state index contributed by atoms with van der Waals surface area (Å²) in [6.07, 6.45) is -16.8. The number of rotatable bonds is 4. The topological polar surface area (TPSA) is 0 Å². The van der Waals surface area contributed by atoms with Gasteiger partial charge in [0.1, 0.15) is 0 Å². The first-order valence-electron chi connectivity index (χ1n) is 4.64. The Balaban J connectivity index is 5.96. The Morgan fingerprint density at radius 1 is 0.579 bits per heavy atom. The molecular weight excluding hydrogens is 305 g/mol. The van der Waals surface area contributed by atoms with E-state index in [4.69, 9.17) is 0 Å². The highest BCUT2D eigenvalue weighted by atomic mass is 19.4. The molecule has 116 valence electrons. The van der Waals surface area contributed by atoms with Crippen LogP contribution in [-0.4, -0.2) is 29.9 Å². The standard InChI is InChI=1S/C8H7F11/c1-2-3-4(9,7(14,15)16)5(10,11)6(12,13)8(17,18)19/h2-3H2,1H3. The van der Waals surface area contributed by atoms with E-state index in [0.717, 1.165) is 6.92 Å². The second-order valence-corrected chi connectivity index (χ2v) is 3.70. The van der Waals surface area contributed by atoms with Gasteiger partial charge in [-0.15, -0.1) is 0 Å². The Morgan fingerprint density at radius 2 is 0.947 bits per heavy atom. The SMILES string of the molecule is CCCC(F)(C(F)(F)F)C(F)(F)C(F)(F)C(F)(F)F. The van der Waals surface area contributed by atoms with Gasteiger partial charge in [0.15, 0.2) is 0 Å². The number of halogens is 11. The molecule has 11 heteroatoms. The molecular formula is C8H7F11. The molecule has 0 saturated heterocycles. The maximum atomic E-state index is 13.2. The van der Waals surface area contributed by atoms with Crippen LogP contribution in [0.5, 0.6) is 0 Å². The summed E-state index contributed by atoms with van der Waals surface area (Å²) in [5.41, 5.74) is -5.98. The van der Waals surface area contributed by atoms with E-state index in [1.807, 2.05) is 0 Å². The van der Waals surface area contributed by atoms with Gasteiger partial charge in [-0.3, -0.25) is 0 Å². The third kappa shape index (κ3) is 2.60. The zero-order chi connectivity index (χ0) is 15.9. The Bertz CT molecular complexity index is 312. The Labute approximate surface area is 99.1 Å². The lowest BCUT2D eigenvalue weighted by atomic mass is 9.87. The van der Waals surface area contributed by atoms with Crippen LogP contribution in [0.2, 0.25) is 0 Å². The summed E-state index contributed by atoms with van der Waals surface area (Å²) >= 11 is 0. The first-order valence-corrected chi connectivity index (χ1v) is 4.64. The smallest absolute Gasteiger partial charge is 0.227 e. The number of hydrogen-bond acceptors (Lipinski definition) is 0. The van der Waals surface area contributed by atoms with Crippen LogP contribution < -0.4 is 0 Å². The van der Waals surface area contributed by atoms with E-state index in [1.165, 1.54) is 0 Å². The van der Waals surface area contributed by atoms with E-state index in [9.17, 15) is 48.3 Å². The van der Waals surface area contributed by atoms with Gasteiger partial charge in [-0.05, 0) is 6.42 Å². The number of hydrogen-bond donors (Lipinski definition) is 0. The van der Waals surface area contributed by atoms with Crippen LogP contribution in [0.4, 0.5) is 48.3 Å². The van der Waals surface area contributed by atoms with Crippen LogP contribution in [0.25, 0.3) is 0 Å². The number of alkyl halides is 11. The first-order chi connectivity index (χ1) is 8.06. The van der Waals surface area contributed by atoms with Gasteiger partial charge < -0.3 is 0 Å². The second kappa shape index (κ2) is 4.65. The van der Waals surface area contributed by atoms with Gasteiger partial charge in [0.2, 0.25) is 0 Å². The molecule has 0 nitrogen and oxygen atoms in total. The van der Waals surface area contributed by atoms with Crippen molar-refractivity contribution in [2.75, 3.05) is 0 Å². The largest absolute Gasteiger partial charge is 0.460 e. The van der Waals surface area contributed by atoms with Crippen molar-refractivity contribution < 1.29 is 48.3 Å². The summed E-state index contributed by atoms with van der Waals surface area (Å²) in [5.74, 6) is -14.1. The van der Waals surface area contributed by atoms with E-state index < -0.39 is 42.7 Å². The molecule has 0 bridgehead atoms. The highest BCUT2D eigenvalue weighted by molar-refractivity contribution is 5.08. The molecule has 0 aromatic heterocycles. The second-order valence-electron chi connectivity index (χ2n) is 3.70. The molecule has 0 aliphatic carbocycles. The summed E-state index contributed by atoms with van der Waals surface area (Å²) in [7, 11) is 0. The summed E-state index contributed by atoms with van der Waals surface area (Å²) in [5, 5.41) is 0. The van der Waals surface area contributed by atoms with Gasteiger partial charge in [-0.2, -0.15) is 43.9 Å². The highest BCUT2D eigenvalue weighted by Gasteiger charge is 2.85. The zero-order valence-corrected chi connectivity index (χ0v) is 9.07. The molecule has 1 unspecified atom stereocenters. The van der Waals surface area contributed by atoms with Gasteiger partial charge in [-0.1, -0.05) is 13.3 Å². The molecule has 0 N–H and O–H groups in total. The van der Waals surface area contributed by atoms with Crippen molar-refractivity contribution in [3.8, 4) is 0 Å². The fourth-order valence-corrected chi connectivity index (χ4v) is 1.25. The van der Waals surface area contributed by atoms with Crippen molar-refractivity contribution in [2.24, 2.45) is 0 Å². The fraction of sp³-hybridized carbons (Fsp3) is 1.00. The van der Waals surface area contributed by atoms with Crippen LogP contribution in [0, 0.1) is 0 Å². The lowest BCUT2D eigenvalue weighted by Gasteiger charge is -2.39. The first kappa shape index (κ1) is 18.2. The quantitative estimate of drug-likeness (QED) is 0.648. The zero-order valence-electron chi connectivity index (χ0n) is 9.07. The van der Waals surface area contributed by atoms with E-state index in [-0.39, 0.29) is 0 Å². The van der Waals surface area contributed by atoms with Crippen molar-refractivity contribution in [3.63, 3.8) is 0 Å². The van der Waals surface area contributed by atoms with Crippen molar-refractivity contribution in [1.82, 2.24) is 0 Å². The van der Waals surface area contributed by atoms with Crippen LogP contribution in [0.15, 0.2) is 0 Å². The lowest BCUT2D eigenvalue weighted by Crippen LogP contribution is -2.67. The van der Waals surface area contributed by atoms with Crippen molar-refractivity contribution in [2.45, 2.75) is 49.6 Å². The normalized spacial score (nSPS) is 18.3. The van der Waals surface area contributed by atoms with Crippen molar-refractivity contribution >= 4 is 0 Å². The molecule has 0 aromatic rings. The molecule has 0 spiro atoms. The molecule has 0 aliphatic heterocycles. The summed E-state index contributed by atoms with van der Waals surface area (Å²) in [6.45, 7) is 0.724. The average Bonchev–Trinajstić information content (AvgIpc) is 2.13. The van der Waals surface area contributed by atoms with Gasteiger partial charge >= 0.3 is 24.2 Å². The Hall–Kier alpha value is -0.770. The van der Waals surface area contributed by atoms with E-state index in [2.05, 4.69) is 0 Å². The minimum atomic E-state index is -7.15. The third-order valence-electron chi connectivity index (χ3n) is 2.29. The lowest BCUT2D eigenvalue weighted by molar-refractivity contribution is -0.412. The van der Waals surface area contributed by atoms with Crippen LogP contribution in [0.3, 0.4) is 0 Å². The predicted molar refractivity (Wildman–Crippen MR) is 40.8 cm³/mol. The molecule has 1 atom stereocenters. The van der Waals surface area contributed by atoms with Crippen LogP contribution in [-0.2, 0) is 0 Å². The predicted octanol–water partition coefficient (Wildman–Crippen LogP) is 4.89. The van der Waals surface area contributed by atoms with Gasteiger partial charge in [0.05, 0.1) is 0 Å². The Morgan fingerprint density at radius 3 is 1.16 bits per heavy atom. The van der Waals surface area contributed by atoms with Gasteiger partial charge in [0, 0.05) is 0 Å². The average molecular weight is 312 g/mol. The fourth-order valence-electron chi connectivity index (χ4n) is 1.25. The van der Waals surface area contributed by atoms with Crippen molar-refractivity contribution in [3.05, 3.63) is 0 Å². The molecule has 0 heterocycles. The van der Waals surface area contributed by atoms with Gasteiger partial charge in [-0.25, -0.2) is 4.39 Å². The maximum absolute atomic E-state index is 13.2. The van der Waals surface area contributed by atoms with Crippen LogP contribution >= 0.6 is 0 Å². The summed E-state index contributed by atoms with van der Waals surface area (Å²) < 4.78 is 135. The molecule has 0 rings (SSSR count). The Kier molecular flexibility index (Phi) is 4.46. The molecule has 0 aromatic carbocycles. The monoisotopic (exact) mass is 312 g/mol. The molecule has 0 saturated carbocycles. The molecule has 19 heavy (non-hydrogen) atoms. The molecule has 0 amide bonds.